The second-order valence-electron chi connectivity index (χ2n) is 5.85. The molecule has 1 aliphatic rings. The van der Waals surface area contributed by atoms with Gasteiger partial charge in [0.2, 0.25) is 0 Å². The van der Waals surface area contributed by atoms with Crippen LogP contribution in [0.5, 0.6) is 0 Å². The van der Waals surface area contributed by atoms with Crippen LogP contribution in [0.4, 0.5) is 0 Å². The maximum absolute atomic E-state index is 12.8. The number of piperidine rings is 1. The molecule has 1 aliphatic heterocycles. The quantitative estimate of drug-likeness (QED) is 0.897. The highest BCUT2D eigenvalue weighted by molar-refractivity contribution is 9.10. The van der Waals surface area contributed by atoms with Gasteiger partial charge in [-0.3, -0.25) is 4.79 Å². The van der Waals surface area contributed by atoms with Crippen molar-refractivity contribution in [3.05, 3.63) is 33.3 Å². The molecule has 1 aromatic rings. The van der Waals surface area contributed by atoms with E-state index in [0.29, 0.717) is 6.54 Å². The number of benzene rings is 1. The molecule has 1 N–H and O–H groups in total. The fourth-order valence-electron chi connectivity index (χ4n) is 2.78. The topological polar surface area (TPSA) is 40.5 Å². The zero-order valence-electron chi connectivity index (χ0n) is 12.3. The number of aryl methyl sites for hydroxylation is 2. The van der Waals surface area contributed by atoms with Crippen LogP contribution in [0, 0.1) is 19.8 Å². The minimum atomic E-state index is 0.0868. The third-order valence-electron chi connectivity index (χ3n) is 4.23. The van der Waals surface area contributed by atoms with Gasteiger partial charge in [-0.1, -0.05) is 15.9 Å². The van der Waals surface area contributed by atoms with E-state index in [1.54, 1.807) is 0 Å². The summed E-state index contributed by atoms with van der Waals surface area (Å²) in [5.74, 6) is 0.302. The standard InChI is InChI=1S/C16H22BrNO2/c1-10-7-15(17)11(2)6-14(10)16(20)18-8-13(9-19)5-4-12(18)3/h6-7,12-13,19H,4-5,8-9H2,1-3H3. The third kappa shape index (κ3) is 3.07. The fourth-order valence-corrected chi connectivity index (χ4v) is 3.24. The first-order valence-electron chi connectivity index (χ1n) is 7.12. The Kier molecular flexibility index (Phi) is 4.86. The molecule has 0 aliphatic carbocycles. The first-order chi connectivity index (χ1) is 9.43. The number of hydrogen-bond donors (Lipinski definition) is 1. The minimum absolute atomic E-state index is 0.0868. The normalized spacial score (nSPS) is 22.9. The number of likely N-dealkylation sites (tertiary alicyclic amines) is 1. The lowest BCUT2D eigenvalue weighted by Gasteiger charge is -2.37. The monoisotopic (exact) mass is 339 g/mol. The Hall–Kier alpha value is -0.870. The van der Waals surface area contributed by atoms with E-state index in [4.69, 9.17) is 0 Å². The van der Waals surface area contributed by atoms with E-state index in [2.05, 4.69) is 22.9 Å². The van der Waals surface area contributed by atoms with Crippen molar-refractivity contribution in [3.8, 4) is 0 Å². The summed E-state index contributed by atoms with van der Waals surface area (Å²) >= 11 is 3.50. The SMILES string of the molecule is Cc1cc(C(=O)N2CC(CO)CCC2C)c(C)cc1Br. The molecule has 110 valence electrons. The lowest BCUT2D eigenvalue weighted by molar-refractivity contribution is 0.0488. The van der Waals surface area contributed by atoms with E-state index in [-0.39, 0.29) is 24.5 Å². The summed E-state index contributed by atoms with van der Waals surface area (Å²) in [5, 5.41) is 9.34. The maximum Gasteiger partial charge on any atom is 0.254 e. The molecule has 1 aromatic carbocycles. The van der Waals surface area contributed by atoms with Gasteiger partial charge in [-0.25, -0.2) is 0 Å². The Morgan fingerprint density at radius 3 is 2.70 bits per heavy atom. The van der Waals surface area contributed by atoms with Crippen molar-refractivity contribution in [2.24, 2.45) is 5.92 Å². The van der Waals surface area contributed by atoms with Gasteiger partial charge < -0.3 is 10.0 Å². The zero-order chi connectivity index (χ0) is 14.9. The molecular weight excluding hydrogens is 318 g/mol. The van der Waals surface area contributed by atoms with Crippen LogP contribution in [-0.4, -0.2) is 35.1 Å². The number of amides is 1. The molecule has 1 fully saturated rings. The van der Waals surface area contributed by atoms with E-state index in [1.807, 2.05) is 30.9 Å². The van der Waals surface area contributed by atoms with Crippen molar-refractivity contribution in [1.82, 2.24) is 4.90 Å². The molecule has 1 heterocycles. The highest BCUT2D eigenvalue weighted by atomic mass is 79.9. The lowest BCUT2D eigenvalue weighted by atomic mass is 9.93. The number of aliphatic hydroxyl groups excluding tert-OH is 1. The molecule has 0 saturated carbocycles. The predicted molar refractivity (Wildman–Crippen MR) is 83.9 cm³/mol. The Morgan fingerprint density at radius 2 is 2.05 bits per heavy atom. The number of halogens is 1. The molecule has 2 atom stereocenters. The average molecular weight is 340 g/mol. The van der Waals surface area contributed by atoms with Crippen LogP contribution in [0.25, 0.3) is 0 Å². The Morgan fingerprint density at radius 1 is 1.35 bits per heavy atom. The summed E-state index contributed by atoms with van der Waals surface area (Å²) in [4.78, 5) is 14.7. The predicted octanol–water partition coefficient (Wildman–Crippen LogP) is 3.30. The van der Waals surface area contributed by atoms with Gasteiger partial charge in [0.15, 0.2) is 0 Å². The zero-order valence-corrected chi connectivity index (χ0v) is 13.9. The van der Waals surface area contributed by atoms with E-state index in [1.165, 1.54) is 0 Å². The van der Waals surface area contributed by atoms with Gasteiger partial charge in [0.25, 0.3) is 5.91 Å². The molecule has 0 spiro atoms. The number of carbonyl (C=O) groups excluding carboxylic acids is 1. The van der Waals surface area contributed by atoms with Gasteiger partial charge in [0, 0.05) is 29.2 Å². The number of carbonyl (C=O) groups is 1. The van der Waals surface area contributed by atoms with Crippen molar-refractivity contribution in [3.63, 3.8) is 0 Å². The smallest absolute Gasteiger partial charge is 0.254 e. The maximum atomic E-state index is 12.8. The number of nitrogens with zero attached hydrogens (tertiary/aromatic N) is 1. The molecule has 2 unspecified atom stereocenters. The van der Waals surface area contributed by atoms with Crippen LogP contribution in [-0.2, 0) is 0 Å². The van der Waals surface area contributed by atoms with Crippen molar-refractivity contribution < 1.29 is 9.90 Å². The molecule has 0 bridgehead atoms. The van der Waals surface area contributed by atoms with Crippen molar-refractivity contribution in [1.29, 1.82) is 0 Å². The van der Waals surface area contributed by atoms with E-state index >= 15 is 0 Å². The molecule has 3 nitrogen and oxygen atoms in total. The molecule has 1 amide bonds. The molecule has 4 heteroatoms. The van der Waals surface area contributed by atoms with Crippen molar-refractivity contribution >= 4 is 21.8 Å². The van der Waals surface area contributed by atoms with Crippen molar-refractivity contribution in [2.75, 3.05) is 13.2 Å². The summed E-state index contributed by atoms with van der Waals surface area (Å²) < 4.78 is 1.03. The second kappa shape index (κ2) is 6.27. The Bertz CT molecular complexity index is 515. The highest BCUT2D eigenvalue weighted by Crippen LogP contribution is 2.26. The summed E-state index contributed by atoms with van der Waals surface area (Å²) in [7, 11) is 0. The molecule has 2 rings (SSSR count). The van der Waals surface area contributed by atoms with E-state index < -0.39 is 0 Å². The van der Waals surface area contributed by atoms with Gasteiger partial charge in [0.1, 0.15) is 0 Å². The van der Waals surface area contributed by atoms with Crippen LogP contribution in [0.15, 0.2) is 16.6 Å². The van der Waals surface area contributed by atoms with E-state index in [0.717, 1.165) is 34.0 Å². The molecular formula is C16H22BrNO2. The second-order valence-corrected chi connectivity index (χ2v) is 6.70. The lowest BCUT2D eigenvalue weighted by Crippen LogP contribution is -2.46. The van der Waals surface area contributed by atoms with Gasteiger partial charge in [0.05, 0.1) is 0 Å². The average Bonchev–Trinajstić information content (AvgIpc) is 2.42. The summed E-state index contributed by atoms with van der Waals surface area (Å²) in [5.41, 5.74) is 2.84. The molecule has 20 heavy (non-hydrogen) atoms. The van der Waals surface area contributed by atoms with Crippen LogP contribution < -0.4 is 0 Å². The highest BCUT2D eigenvalue weighted by Gasteiger charge is 2.30. The summed E-state index contributed by atoms with van der Waals surface area (Å²) in [6.45, 7) is 6.87. The number of hydrogen-bond acceptors (Lipinski definition) is 2. The number of rotatable bonds is 2. The van der Waals surface area contributed by atoms with Crippen LogP contribution in [0.3, 0.4) is 0 Å². The first-order valence-corrected chi connectivity index (χ1v) is 7.92. The largest absolute Gasteiger partial charge is 0.396 e. The van der Waals surface area contributed by atoms with Gasteiger partial charge in [-0.05, 0) is 62.8 Å². The van der Waals surface area contributed by atoms with E-state index in [9.17, 15) is 9.90 Å². The first kappa shape index (κ1) is 15.5. The van der Waals surface area contributed by atoms with Crippen molar-refractivity contribution in [2.45, 2.75) is 39.7 Å². The number of aliphatic hydroxyl groups is 1. The Labute approximate surface area is 129 Å². The Balaban J connectivity index is 2.28. The van der Waals surface area contributed by atoms with Crippen LogP contribution >= 0.6 is 15.9 Å². The summed E-state index contributed by atoms with van der Waals surface area (Å²) in [6.07, 6.45) is 1.96. The minimum Gasteiger partial charge on any atom is -0.396 e. The molecule has 1 saturated heterocycles. The molecule has 0 radical (unpaired) electrons. The summed E-state index contributed by atoms with van der Waals surface area (Å²) in [6, 6.07) is 4.20. The molecule has 0 aromatic heterocycles. The van der Waals surface area contributed by atoms with Crippen LogP contribution in [0.1, 0.15) is 41.3 Å². The van der Waals surface area contributed by atoms with Gasteiger partial charge in [-0.15, -0.1) is 0 Å². The third-order valence-corrected chi connectivity index (χ3v) is 5.09. The van der Waals surface area contributed by atoms with Gasteiger partial charge in [-0.2, -0.15) is 0 Å². The fraction of sp³-hybridized carbons (Fsp3) is 0.562. The van der Waals surface area contributed by atoms with Gasteiger partial charge >= 0.3 is 0 Å². The van der Waals surface area contributed by atoms with Crippen LogP contribution in [0.2, 0.25) is 0 Å².